The standard InChI is InChI=1S/C17H21N4O4P/c1-13(2)15-8-9-16-17(18)20(11-19-21(15)16)12-25-26(22,23)24-10-14-6-4-3-5-7-14/h3-9,11,13,18H,10,12H2,1-2H3,(H,22,23). The summed E-state index contributed by atoms with van der Waals surface area (Å²) in [5.74, 6) is 0.264. The van der Waals surface area contributed by atoms with Gasteiger partial charge in [-0.15, -0.1) is 0 Å². The lowest BCUT2D eigenvalue weighted by atomic mass is 10.1. The average molecular weight is 376 g/mol. The Morgan fingerprint density at radius 1 is 1.19 bits per heavy atom. The van der Waals surface area contributed by atoms with E-state index in [-0.39, 0.29) is 24.7 Å². The number of nitrogens with one attached hydrogen (secondary N) is 1. The maximum Gasteiger partial charge on any atom is 0.474 e. The third-order valence-electron chi connectivity index (χ3n) is 3.91. The van der Waals surface area contributed by atoms with E-state index < -0.39 is 7.82 Å². The Morgan fingerprint density at radius 3 is 2.62 bits per heavy atom. The van der Waals surface area contributed by atoms with Gasteiger partial charge in [0.05, 0.1) is 6.61 Å². The van der Waals surface area contributed by atoms with Gasteiger partial charge in [-0.25, -0.2) is 9.08 Å². The molecule has 0 saturated carbocycles. The minimum Gasteiger partial charge on any atom is -0.302 e. The zero-order valence-electron chi connectivity index (χ0n) is 14.6. The fraction of sp³-hybridized carbons (Fsp3) is 0.294. The molecule has 0 amide bonds. The molecule has 0 saturated heterocycles. The second kappa shape index (κ2) is 7.55. The van der Waals surface area contributed by atoms with Crippen LogP contribution in [-0.2, 0) is 27.0 Å². The first-order valence-corrected chi connectivity index (χ1v) is 9.64. The highest BCUT2D eigenvalue weighted by atomic mass is 31.2. The first-order chi connectivity index (χ1) is 12.4. The summed E-state index contributed by atoms with van der Waals surface area (Å²) in [6.07, 6.45) is 1.40. The van der Waals surface area contributed by atoms with Crippen LogP contribution in [0.15, 0.2) is 48.8 Å². The summed E-state index contributed by atoms with van der Waals surface area (Å²) in [6, 6.07) is 12.8. The molecule has 0 bridgehead atoms. The lowest BCUT2D eigenvalue weighted by Gasteiger charge is -2.14. The SMILES string of the molecule is CC(C)c1ccc2c(=N)n(COP(=O)(O)OCc3ccccc3)cnn12. The molecule has 8 nitrogen and oxygen atoms in total. The lowest BCUT2D eigenvalue weighted by Crippen LogP contribution is -2.24. The topological polar surface area (TPSA) is 102 Å². The van der Waals surface area contributed by atoms with Gasteiger partial charge in [0, 0.05) is 5.69 Å². The Bertz CT molecular complexity index is 997. The third-order valence-corrected chi connectivity index (χ3v) is 4.81. The van der Waals surface area contributed by atoms with E-state index in [9.17, 15) is 9.46 Å². The van der Waals surface area contributed by atoms with Crippen LogP contribution in [0.25, 0.3) is 5.52 Å². The van der Waals surface area contributed by atoms with Crippen molar-refractivity contribution in [3.63, 3.8) is 0 Å². The van der Waals surface area contributed by atoms with Crippen molar-refractivity contribution >= 4 is 13.3 Å². The van der Waals surface area contributed by atoms with E-state index in [4.69, 9.17) is 14.5 Å². The maximum atomic E-state index is 12.0. The summed E-state index contributed by atoms with van der Waals surface area (Å²) in [4.78, 5) is 9.83. The molecule has 138 valence electrons. The second-order valence-electron chi connectivity index (χ2n) is 6.15. The van der Waals surface area contributed by atoms with Crippen LogP contribution >= 0.6 is 7.82 Å². The Balaban J connectivity index is 1.70. The molecule has 0 spiro atoms. The summed E-state index contributed by atoms with van der Waals surface area (Å²) in [6.45, 7) is 3.74. The molecule has 1 atom stereocenters. The van der Waals surface area contributed by atoms with E-state index in [2.05, 4.69) is 5.10 Å². The fourth-order valence-electron chi connectivity index (χ4n) is 2.51. The molecule has 1 aromatic carbocycles. The Hall–Kier alpha value is -2.25. The molecule has 26 heavy (non-hydrogen) atoms. The van der Waals surface area contributed by atoms with Gasteiger partial charge in [0.2, 0.25) is 0 Å². The number of phosphoric acid groups is 1. The maximum absolute atomic E-state index is 12.0. The Kier molecular flexibility index (Phi) is 5.38. The molecule has 3 aromatic rings. The molecule has 0 aliphatic rings. The minimum absolute atomic E-state index is 0.0409. The normalized spacial score (nSPS) is 14.0. The van der Waals surface area contributed by atoms with Crippen molar-refractivity contribution in [1.82, 2.24) is 14.2 Å². The number of benzene rings is 1. The van der Waals surface area contributed by atoms with E-state index in [0.29, 0.717) is 5.52 Å². The zero-order chi connectivity index (χ0) is 18.7. The fourth-order valence-corrected chi connectivity index (χ4v) is 3.17. The van der Waals surface area contributed by atoms with Crippen molar-refractivity contribution in [3.8, 4) is 0 Å². The molecule has 2 N–H and O–H groups in total. The smallest absolute Gasteiger partial charge is 0.302 e. The van der Waals surface area contributed by atoms with Crippen LogP contribution < -0.4 is 5.49 Å². The summed E-state index contributed by atoms with van der Waals surface area (Å²) in [7, 11) is -4.25. The molecule has 0 radical (unpaired) electrons. The van der Waals surface area contributed by atoms with Crippen LogP contribution in [0.1, 0.15) is 31.0 Å². The predicted molar refractivity (Wildman–Crippen MR) is 95.3 cm³/mol. The largest absolute Gasteiger partial charge is 0.474 e. The molecule has 2 aromatic heterocycles. The van der Waals surface area contributed by atoms with Crippen molar-refractivity contribution < 1.29 is 18.5 Å². The van der Waals surface area contributed by atoms with Gasteiger partial charge in [0.1, 0.15) is 18.6 Å². The lowest BCUT2D eigenvalue weighted by molar-refractivity contribution is 0.112. The average Bonchev–Trinajstić information content (AvgIpc) is 3.06. The van der Waals surface area contributed by atoms with Crippen LogP contribution in [-0.4, -0.2) is 19.1 Å². The van der Waals surface area contributed by atoms with Crippen LogP contribution in [0.3, 0.4) is 0 Å². The number of hydrogen-bond donors (Lipinski definition) is 2. The van der Waals surface area contributed by atoms with Crippen LogP contribution in [0, 0.1) is 5.41 Å². The highest BCUT2D eigenvalue weighted by Crippen LogP contribution is 2.44. The van der Waals surface area contributed by atoms with E-state index in [0.717, 1.165) is 11.3 Å². The number of fused-ring (bicyclic) bond motifs is 1. The summed E-state index contributed by atoms with van der Waals surface area (Å²) in [5.41, 5.74) is 2.48. The molecule has 0 aliphatic carbocycles. The van der Waals surface area contributed by atoms with Gasteiger partial charge in [-0.1, -0.05) is 44.2 Å². The molecular formula is C17H21N4O4P. The Labute approximate surface area is 150 Å². The number of nitrogens with zero attached hydrogens (tertiary/aromatic N) is 3. The first kappa shape index (κ1) is 18.5. The van der Waals surface area contributed by atoms with Gasteiger partial charge in [-0.3, -0.25) is 19.0 Å². The monoisotopic (exact) mass is 376 g/mol. The van der Waals surface area contributed by atoms with Crippen LogP contribution in [0.4, 0.5) is 0 Å². The van der Waals surface area contributed by atoms with Crippen molar-refractivity contribution in [1.29, 1.82) is 5.41 Å². The second-order valence-corrected chi connectivity index (χ2v) is 7.60. The van der Waals surface area contributed by atoms with Crippen molar-refractivity contribution in [3.05, 3.63) is 65.5 Å². The van der Waals surface area contributed by atoms with Crippen LogP contribution in [0.2, 0.25) is 0 Å². The van der Waals surface area contributed by atoms with Crippen molar-refractivity contribution in [2.24, 2.45) is 0 Å². The zero-order valence-corrected chi connectivity index (χ0v) is 15.5. The molecule has 1 unspecified atom stereocenters. The number of phosphoric ester groups is 1. The number of hydrogen-bond acceptors (Lipinski definition) is 5. The van der Waals surface area contributed by atoms with Gasteiger partial charge >= 0.3 is 7.82 Å². The summed E-state index contributed by atoms with van der Waals surface area (Å²) in [5, 5.41) is 12.5. The predicted octanol–water partition coefficient (Wildman–Crippen LogP) is 3.03. The van der Waals surface area contributed by atoms with Crippen molar-refractivity contribution in [2.45, 2.75) is 33.1 Å². The van der Waals surface area contributed by atoms with E-state index >= 15 is 0 Å². The van der Waals surface area contributed by atoms with E-state index in [1.165, 1.54) is 10.9 Å². The van der Waals surface area contributed by atoms with Gasteiger partial charge in [-0.05, 0) is 23.6 Å². The summed E-state index contributed by atoms with van der Waals surface area (Å²) >= 11 is 0. The highest BCUT2D eigenvalue weighted by Gasteiger charge is 2.21. The highest BCUT2D eigenvalue weighted by molar-refractivity contribution is 7.47. The number of rotatable bonds is 7. The molecular weight excluding hydrogens is 355 g/mol. The molecule has 2 heterocycles. The van der Waals surface area contributed by atoms with Gasteiger partial charge in [0.15, 0.2) is 5.49 Å². The first-order valence-electron chi connectivity index (χ1n) is 8.15. The van der Waals surface area contributed by atoms with Gasteiger partial charge in [0.25, 0.3) is 0 Å². The minimum atomic E-state index is -4.25. The van der Waals surface area contributed by atoms with Crippen LogP contribution in [0.5, 0.6) is 0 Å². The summed E-state index contributed by atoms with van der Waals surface area (Å²) < 4.78 is 25.1. The molecule has 0 fully saturated rings. The van der Waals surface area contributed by atoms with Crippen molar-refractivity contribution in [2.75, 3.05) is 0 Å². The third kappa shape index (κ3) is 4.11. The molecule has 0 aliphatic heterocycles. The van der Waals surface area contributed by atoms with E-state index in [1.54, 1.807) is 22.7 Å². The molecule has 3 rings (SSSR count). The number of aromatic nitrogens is 3. The van der Waals surface area contributed by atoms with E-state index in [1.807, 2.05) is 38.1 Å². The molecule has 9 heteroatoms. The quantitative estimate of drug-likeness (QED) is 0.617. The van der Waals surface area contributed by atoms with Gasteiger partial charge < -0.3 is 4.89 Å². The van der Waals surface area contributed by atoms with Gasteiger partial charge in [-0.2, -0.15) is 5.10 Å². The Morgan fingerprint density at radius 2 is 1.92 bits per heavy atom.